The normalized spacial score (nSPS) is 12.1. The van der Waals surface area contributed by atoms with E-state index in [0.717, 1.165) is 11.1 Å². The minimum atomic E-state index is -0.923. The first kappa shape index (κ1) is 13.2. The number of hydrogen-bond donors (Lipinski definition) is 1. The first-order valence-electron chi connectivity index (χ1n) is 5.95. The SMILES string of the molecule is Cc1cncc(CC(C(=O)O)c2ccc(F)cc2)c1. The first-order chi connectivity index (χ1) is 9.06. The van der Waals surface area contributed by atoms with Gasteiger partial charge in [0.15, 0.2) is 0 Å². The van der Waals surface area contributed by atoms with Crippen molar-refractivity contribution in [3.05, 3.63) is 65.2 Å². The molecule has 2 aromatic rings. The van der Waals surface area contributed by atoms with Gasteiger partial charge in [-0.3, -0.25) is 9.78 Å². The van der Waals surface area contributed by atoms with E-state index >= 15 is 0 Å². The van der Waals surface area contributed by atoms with E-state index in [1.165, 1.54) is 24.3 Å². The van der Waals surface area contributed by atoms with E-state index in [1.807, 2.05) is 13.0 Å². The van der Waals surface area contributed by atoms with Gasteiger partial charge in [-0.15, -0.1) is 0 Å². The summed E-state index contributed by atoms with van der Waals surface area (Å²) in [5.41, 5.74) is 2.44. The molecule has 0 aliphatic heterocycles. The van der Waals surface area contributed by atoms with Gasteiger partial charge in [-0.05, 0) is 42.2 Å². The van der Waals surface area contributed by atoms with Gasteiger partial charge in [0, 0.05) is 12.4 Å². The Balaban J connectivity index is 2.26. The topological polar surface area (TPSA) is 50.2 Å². The van der Waals surface area contributed by atoms with Crippen LogP contribution in [0, 0.1) is 12.7 Å². The van der Waals surface area contributed by atoms with Crippen molar-refractivity contribution < 1.29 is 14.3 Å². The molecule has 1 aromatic carbocycles. The molecular formula is C15H14FNO2. The van der Waals surface area contributed by atoms with Crippen LogP contribution >= 0.6 is 0 Å². The average Bonchev–Trinajstić information content (AvgIpc) is 2.37. The molecule has 0 bridgehead atoms. The number of carboxylic acid groups (broad SMARTS) is 1. The van der Waals surface area contributed by atoms with Crippen molar-refractivity contribution in [2.75, 3.05) is 0 Å². The lowest BCUT2D eigenvalue weighted by atomic mass is 9.92. The van der Waals surface area contributed by atoms with E-state index in [1.54, 1.807) is 12.4 Å². The number of carboxylic acids is 1. The van der Waals surface area contributed by atoms with Crippen LogP contribution in [0.15, 0.2) is 42.7 Å². The van der Waals surface area contributed by atoms with Crippen molar-refractivity contribution in [2.24, 2.45) is 0 Å². The largest absolute Gasteiger partial charge is 0.481 e. The molecule has 1 unspecified atom stereocenters. The zero-order chi connectivity index (χ0) is 13.8. The molecule has 1 N–H and O–H groups in total. The van der Waals surface area contributed by atoms with E-state index in [2.05, 4.69) is 4.98 Å². The van der Waals surface area contributed by atoms with Crippen LogP contribution in [0.3, 0.4) is 0 Å². The molecule has 0 saturated heterocycles. The number of aromatic nitrogens is 1. The lowest BCUT2D eigenvalue weighted by Gasteiger charge is -2.13. The molecule has 0 saturated carbocycles. The third-order valence-electron chi connectivity index (χ3n) is 2.94. The Kier molecular flexibility index (Phi) is 3.90. The minimum Gasteiger partial charge on any atom is -0.481 e. The fourth-order valence-electron chi connectivity index (χ4n) is 2.01. The molecule has 1 heterocycles. The summed E-state index contributed by atoms with van der Waals surface area (Å²) in [6, 6.07) is 7.49. The zero-order valence-electron chi connectivity index (χ0n) is 10.5. The molecular weight excluding hydrogens is 245 g/mol. The van der Waals surface area contributed by atoms with Crippen LogP contribution in [0.2, 0.25) is 0 Å². The molecule has 1 atom stereocenters. The molecule has 0 aliphatic rings. The number of nitrogens with zero attached hydrogens (tertiary/aromatic N) is 1. The summed E-state index contributed by atoms with van der Waals surface area (Å²) in [5.74, 6) is -1.98. The summed E-state index contributed by atoms with van der Waals surface area (Å²) in [6.45, 7) is 1.91. The van der Waals surface area contributed by atoms with Crippen molar-refractivity contribution in [2.45, 2.75) is 19.3 Å². The smallest absolute Gasteiger partial charge is 0.311 e. The predicted molar refractivity (Wildman–Crippen MR) is 69.5 cm³/mol. The lowest BCUT2D eigenvalue weighted by molar-refractivity contribution is -0.138. The Morgan fingerprint density at radius 1 is 1.32 bits per heavy atom. The minimum absolute atomic E-state index is 0.343. The van der Waals surface area contributed by atoms with Gasteiger partial charge in [0.2, 0.25) is 0 Å². The van der Waals surface area contributed by atoms with Crippen molar-refractivity contribution >= 4 is 5.97 Å². The summed E-state index contributed by atoms with van der Waals surface area (Å²) in [7, 11) is 0. The third-order valence-corrected chi connectivity index (χ3v) is 2.94. The second-order valence-corrected chi connectivity index (χ2v) is 4.52. The summed E-state index contributed by atoms with van der Waals surface area (Å²) in [5, 5.41) is 9.31. The van der Waals surface area contributed by atoms with Crippen LogP contribution in [-0.4, -0.2) is 16.1 Å². The third kappa shape index (κ3) is 3.37. The predicted octanol–water partition coefficient (Wildman–Crippen LogP) is 2.94. The Morgan fingerprint density at radius 3 is 2.58 bits per heavy atom. The Bertz CT molecular complexity index is 581. The molecule has 0 aliphatic carbocycles. The summed E-state index contributed by atoms with van der Waals surface area (Å²) < 4.78 is 12.9. The van der Waals surface area contributed by atoms with Crippen molar-refractivity contribution in [3.8, 4) is 0 Å². The highest BCUT2D eigenvalue weighted by Crippen LogP contribution is 2.21. The van der Waals surface area contributed by atoms with E-state index in [9.17, 15) is 14.3 Å². The molecule has 98 valence electrons. The van der Waals surface area contributed by atoms with Gasteiger partial charge in [0.1, 0.15) is 5.82 Å². The molecule has 1 aromatic heterocycles. The first-order valence-corrected chi connectivity index (χ1v) is 5.95. The number of hydrogen-bond acceptors (Lipinski definition) is 2. The quantitative estimate of drug-likeness (QED) is 0.918. The number of pyridine rings is 1. The van der Waals surface area contributed by atoms with E-state index in [4.69, 9.17) is 0 Å². The molecule has 0 spiro atoms. The molecule has 2 rings (SSSR count). The fraction of sp³-hybridized carbons (Fsp3) is 0.200. The van der Waals surface area contributed by atoms with Gasteiger partial charge >= 0.3 is 5.97 Å². The number of aliphatic carboxylic acids is 1. The van der Waals surface area contributed by atoms with Crippen LogP contribution in [0.5, 0.6) is 0 Å². The highest BCUT2D eigenvalue weighted by molar-refractivity contribution is 5.76. The maximum atomic E-state index is 12.9. The van der Waals surface area contributed by atoms with E-state index < -0.39 is 11.9 Å². The number of carbonyl (C=O) groups is 1. The number of rotatable bonds is 4. The lowest BCUT2D eigenvalue weighted by Crippen LogP contribution is -2.14. The molecule has 0 radical (unpaired) electrons. The highest BCUT2D eigenvalue weighted by atomic mass is 19.1. The van der Waals surface area contributed by atoms with Gasteiger partial charge < -0.3 is 5.11 Å². The van der Waals surface area contributed by atoms with Crippen LogP contribution < -0.4 is 0 Å². The monoisotopic (exact) mass is 259 g/mol. The molecule has 0 fully saturated rings. The van der Waals surface area contributed by atoms with Crippen LogP contribution in [0.25, 0.3) is 0 Å². The molecule has 3 nitrogen and oxygen atoms in total. The van der Waals surface area contributed by atoms with Crippen molar-refractivity contribution in [1.29, 1.82) is 0 Å². The number of benzene rings is 1. The molecule has 4 heteroatoms. The number of halogens is 1. The molecule has 19 heavy (non-hydrogen) atoms. The van der Waals surface area contributed by atoms with E-state index in [0.29, 0.717) is 12.0 Å². The van der Waals surface area contributed by atoms with Crippen LogP contribution in [0.4, 0.5) is 4.39 Å². The average molecular weight is 259 g/mol. The van der Waals surface area contributed by atoms with Gasteiger partial charge in [0.05, 0.1) is 5.92 Å². The van der Waals surface area contributed by atoms with Crippen LogP contribution in [0.1, 0.15) is 22.6 Å². The fourth-order valence-corrected chi connectivity index (χ4v) is 2.01. The second-order valence-electron chi connectivity index (χ2n) is 4.52. The summed E-state index contributed by atoms with van der Waals surface area (Å²) >= 11 is 0. The zero-order valence-corrected chi connectivity index (χ0v) is 10.5. The van der Waals surface area contributed by atoms with Gasteiger partial charge in [-0.2, -0.15) is 0 Å². The van der Waals surface area contributed by atoms with Crippen LogP contribution in [-0.2, 0) is 11.2 Å². The summed E-state index contributed by atoms with van der Waals surface area (Å²) in [4.78, 5) is 15.4. The Hall–Kier alpha value is -2.23. The Morgan fingerprint density at radius 2 is 2.00 bits per heavy atom. The van der Waals surface area contributed by atoms with E-state index in [-0.39, 0.29) is 5.82 Å². The van der Waals surface area contributed by atoms with Gasteiger partial charge in [-0.25, -0.2) is 4.39 Å². The highest BCUT2D eigenvalue weighted by Gasteiger charge is 2.20. The molecule has 0 amide bonds. The van der Waals surface area contributed by atoms with Gasteiger partial charge in [0.25, 0.3) is 0 Å². The van der Waals surface area contributed by atoms with Crippen molar-refractivity contribution in [3.63, 3.8) is 0 Å². The van der Waals surface area contributed by atoms with Gasteiger partial charge in [-0.1, -0.05) is 18.2 Å². The maximum Gasteiger partial charge on any atom is 0.311 e. The summed E-state index contributed by atoms with van der Waals surface area (Å²) in [6.07, 6.45) is 3.72. The second kappa shape index (κ2) is 5.61. The maximum absolute atomic E-state index is 12.9. The number of aryl methyl sites for hydroxylation is 1. The standard InChI is InChI=1S/C15H14FNO2/c1-10-6-11(9-17-8-10)7-14(15(18)19)12-2-4-13(16)5-3-12/h2-6,8-9,14H,7H2,1H3,(H,18,19). The Labute approximate surface area is 110 Å². The van der Waals surface area contributed by atoms with Crippen molar-refractivity contribution in [1.82, 2.24) is 4.98 Å².